The number of aliphatic hydroxyl groups is 1. The van der Waals surface area contributed by atoms with Crippen molar-refractivity contribution in [3.05, 3.63) is 5.82 Å². The van der Waals surface area contributed by atoms with E-state index in [1.165, 1.54) is 0 Å². The van der Waals surface area contributed by atoms with E-state index in [2.05, 4.69) is 15.4 Å². The third-order valence-corrected chi connectivity index (χ3v) is 2.12. The van der Waals surface area contributed by atoms with Crippen LogP contribution >= 0.6 is 0 Å². The van der Waals surface area contributed by atoms with Gasteiger partial charge in [-0.2, -0.15) is 18.0 Å². The molecule has 8 heteroatoms. The highest BCUT2D eigenvalue weighted by Crippen LogP contribution is 2.37. The molecule has 84 valence electrons. The summed E-state index contributed by atoms with van der Waals surface area (Å²) >= 11 is 0. The largest absolute Gasteiger partial charge is 0.416 e. The summed E-state index contributed by atoms with van der Waals surface area (Å²) in [7, 11) is 0. The molecule has 0 aromatic carbocycles. The van der Waals surface area contributed by atoms with Gasteiger partial charge in [0.15, 0.2) is 11.9 Å². The minimum atomic E-state index is -4.65. The zero-order valence-corrected chi connectivity index (χ0v) is 7.65. The fourth-order valence-electron chi connectivity index (χ4n) is 1.10. The lowest BCUT2D eigenvalue weighted by Crippen LogP contribution is -2.33. The Kier molecular flexibility index (Phi) is 2.37. The van der Waals surface area contributed by atoms with Gasteiger partial charge in [-0.25, -0.2) is 0 Å². The van der Waals surface area contributed by atoms with Crippen LogP contribution in [0.3, 0.4) is 0 Å². The molecule has 1 aromatic rings. The van der Waals surface area contributed by atoms with Crippen molar-refractivity contribution >= 4 is 0 Å². The SMILES string of the molecule is OC(Cn1nnc(C2CC2)n1)C(F)(F)F. The number of aliphatic hydroxyl groups excluding tert-OH is 1. The van der Waals surface area contributed by atoms with E-state index in [1.807, 2.05) is 0 Å². The maximum Gasteiger partial charge on any atom is 0.416 e. The summed E-state index contributed by atoms with van der Waals surface area (Å²) in [6.45, 7) is -0.705. The minimum absolute atomic E-state index is 0.238. The second kappa shape index (κ2) is 3.44. The van der Waals surface area contributed by atoms with E-state index in [-0.39, 0.29) is 5.92 Å². The average molecular weight is 222 g/mol. The van der Waals surface area contributed by atoms with E-state index >= 15 is 0 Å². The van der Waals surface area contributed by atoms with Gasteiger partial charge < -0.3 is 5.11 Å². The monoisotopic (exact) mass is 222 g/mol. The van der Waals surface area contributed by atoms with Gasteiger partial charge >= 0.3 is 6.18 Å². The maximum atomic E-state index is 12.0. The Morgan fingerprint density at radius 3 is 2.67 bits per heavy atom. The third kappa shape index (κ3) is 2.44. The van der Waals surface area contributed by atoms with E-state index in [4.69, 9.17) is 5.11 Å². The Labute approximate surface area is 82.9 Å². The molecule has 1 fully saturated rings. The van der Waals surface area contributed by atoms with Gasteiger partial charge in [-0.05, 0) is 18.1 Å². The molecule has 1 heterocycles. The Morgan fingerprint density at radius 2 is 2.13 bits per heavy atom. The molecule has 1 saturated carbocycles. The van der Waals surface area contributed by atoms with Gasteiger partial charge in [0, 0.05) is 5.92 Å². The van der Waals surface area contributed by atoms with Crippen molar-refractivity contribution < 1.29 is 18.3 Å². The first-order valence-corrected chi connectivity index (χ1v) is 4.49. The summed E-state index contributed by atoms with van der Waals surface area (Å²) < 4.78 is 35.9. The number of nitrogens with zero attached hydrogens (tertiary/aromatic N) is 4. The Bertz CT molecular complexity index is 346. The third-order valence-electron chi connectivity index (χ3n) is 2.12. The van der Waals surface area contributed by atoms with Crippen LogP contribution in [0.4, 0.5) is 13.2 Å². The molecule has 0 saturated heterocycles. The Morgan fingerprint density at radius 1 is 1.47 bits per heavy atom. The zero-order chi connectivity index (χ0) is 11.1. The molecule has 1 aromatic heterocycles. The summed E-state index contributed by atoms with van der Waals surface area (Å²) in [6, 6.07) is 0. The van der Waals surface area contributed by atoms with Crippen LogP contribution in [0.25, 0.3) is 0 Å². The molecule has 0 radical (unpaired) electrons. The highest BCUT2D eigenvalue weighted by molar-refractivity contribution is 5.00. The minimum Gasteiger partial charge on any atom is -0.382 e. The molecule has 0 aliphatic heterocycles. The number of halogens is 3. The number of tetrazole rings is 1. The fraction of sp³-hybridized carbons (Fsp3) is 0.857. The van der Waals surface area contributed by atoms with Crippen molar-refractivity contribution in [3.8, 4) is 0 Å². The number of rotatable bonds is 3. The van der Waals surface area contributed by atoms with Crippen molar-refractivity contribution in [2.75, 3.05) is 0 Å². The number of hydrogen-bond acceptors (Lipinski definition) is 4. The van der Waals surface area contributed by atoms with Gasteiger partial charge in [-0.3, -0.25) is 0 Å². The van der Waals surface area contributed by atoms with E-state index < -0.39 is 18.8 Å². The lowest BCUT2D eigenvalue weighted by molar-refractivity contribution is -0.208. The fourth-order valence-corrected chi connectivity index (χ4v) is 1.10. The molecular formula is C7H9F3N4O. The van der Waals surface area contributed by atoms with Crippen molar-refractivity contribution in [2.45, 2.75) is 37.6 Å². The summed E-state index contributed by atoms with van der Waals surface area (Å²) in [5.74, 6) is 0.700. The molecule has 1 aliphatic carbocycles. The van der Waals surface area contributed by atoms with Crippen molar-refractivity contribution in [1.82, 2.24) is 20.2 Å². The molecule has 2 rings (SSSR count). The van der Waals surface area contributed by atoms with Crippen molar-refractivity contribution in [3.63, 3.8) is 0 Å². The van der Waals surface area contributed by atoms with Gasteiger partial charge in [-0.1, -0.05) is 0 Å². The van der Waals surface area contributed by atoms with Gasteiger partial charge in [0.1, 0.15) is 0 Å². The molecule has 1 atom stereocenters. The molecule has 1 aliphatic rings. The number of hydrogen-bond donors (Lipinski definition) is 1. The van der Waals surface area contributed by atoms with E-state index in [0.717, 1.165) is 17.6 Å². The highest BCUT2D eigenvalue weighted by Gasteiger charge is 2.39. The topological polar surface area (TPSA) is 63.8 Å². The van der Waals surface area contributed by atoms with Gasteiger partial charge in [0.2, 0.25) is 0 Å². The normalized spacial score (nSPS) is 19.2. The maximum absolute atomic E-state index is 12.0. The van der Waals surface area contributed by atoms with Gasteiger partial charge in [0.05, 0.1) is 6.54 Å². The first-order valence-electron chi connectivity index (χ1n) is 4.49. The molecule has 0 spiro atoms. The molecule has 1 unspecified atom stereocenters. The predicted molar refractivity (Wildman–Crippen MR) is 41.9 cm³/mol. The van der Waals surface area contributed by atoms with Gasteiger partial charge in [0.25, 0.3) is 0 Å². The molecule has 5 nitrogen and oxygen atoms in total. The second-order valence-electron chi connectivity index (χ2n) is 3.53. The van der Waals surface area contributed by atoms with Crippen LogP contribution in [0.2, 0.25) is 0 Å². The Balaban J connectivity index is 1.98. The van der Waals surface area contributed by atoms with Crippen LogP contribution in [-0.2, 0) is 6.54 Å². The van der Waals surface area contributed by atoms with Crippen LogP contribution in [0.1, 0.15) is 24.6 Å². The van der Waals surface area contributed by atoms with E-state index in [1.54, 1.807) is 0 Å². The summed E-state index contributed by atoms with van der Waals surface area (Å²) in [5, 5.41) is 19.6. The highest BCUT2D eigenvalue weighted by atomic mass is 19.4. The first kappa shape index (κ1) is 10.3. The van der Waals surface area contributed by atoms with Gasteiger partial charge in [-0.15, -0.1) is 10.2 Å². The standard InChI is InChI=1S/C7H9F3N4O/c8-7(9,10)5(15)3-14-12-6(11-13-14)4-1-2-4/h4-5,15H,1-3H2. The Hall–Kier alpha value is -1.18. The summed E-state index contributed by atoms with van der Waals surface area (Å²) in [5.41, 5.74) is 0. The lowest BCUT2D eigenvalue weighted by atomic mass is 10.3. The molecular weight excluding hydrogens is 213 g/mol. The molecule has 0 amide bonds. The smallest absolute Gasteiger partial charge is 0.382 e. The van der Waals surface area contributed by atoms with Crippen LogP contribution in [-0.4, -0.2) is 37.6 Å². The molecule has 15 heavy (non-hydrogen) atoms. The summed E-state index contributed by atoms with van der Waals surface area (Å²) in [6.07, 6.45) is -5.19. The first-order chi connectivity index (χ1) is 6.97. The lowest BCUT2D eigenvalue weighted by Gasteiger charge is -2.12. The zero-order valence-electron chi connectivity index (χ0n) is 7.65. The van der Waals surface area contributed by atoms with E-state index in [9.17, 15) is 13.2 Å². The van der Waals surface area contributed by atoms with Crippen LogP contribution in [0.5, 0.6) is 0 Å². The molecule has 1 N–H and O–H groups in total. The number of alkyl halides is 3. The second-order valence-corrected chi connectivity index (χ2v) is 3.53. The van der Waals surface area contributed by atoms with E-state index in [0.29, 0.717) is 5.82 Å². The summed E-state index contributed by atoms with van der Waals surface area (Å²) in [4.78, 5) is 0.784. The van der Waals surface area contributed by atoms with Crippen LogP contribution in [0, 0.1) is 0 Å². The van der Waals surface area contributed by atoms with Crippen LogP contribution < -0.4 is 0 Å². The quantitative estimate of drug-likeness (QED) is 0.807. The number of aromatic nitrogens is 4. The molecule has 0 bridgehead atoms. The van der Waals surface area contributed by atoms with Crippen molar-refractivity contribution in [1.29, 1.82) is 0 Å². The average Bonchev–Trinajstić information content (AvgIpc) is 2.87. The predicted octanol–water partition coefficient (Wildman–Crippen LogP) is 0.474. The van der Waals surface area contributed by atoms with Crippen molar-refractivity contribution in [2.24, 2.45) is 0 Å². The van der Waals surface area contributed by atoms with Crippen LogP contribution in [0.15, 0.2) is 0 Å².